The van der Waals surface area contributed by atoms with Gasteiger partial charge in [-0.15, -0.1) is 0 Å². The molecule has 0 aliphatic carbocycles. The maximum Gasteiger partial charge on any atom is 0.255 e. The third-order valence-corrected chi connectivity index (χ3v) is 10.4. The first-order chi connectivity index (χ1) is 31.4. The molecular weight excluding hydrogens is 862 g/mol. The van der Waals surface area contributed by atoms with Crippen LogP contribution in [0.25, 0.3) is 33.4 Å². The number of nitrogens with two attached hydrogens (primary N) is 1. The summed E-state index contributed by atoms with van der Waals surface area (Å²) in [5, 5.41) is 3.11. The number of ether oxygens (including phenoxy) is 6. The van der Waals surface area contributed by atoms with E-state index in [1.165, 1.54) is 31.1 Å². The van der Waals surface area contributed by atoms with Crippen molar-refractivity contribution < 1.29 is 56.8 Å². The Kier molecular flexibility index (Phi) is 18.6. The van der Waals surface area contributed by atoms with E-state index in [4.69, 9.17) is 50.2 Å². The SMILES string of the molecule is CCOc1cc2oc(-c3ccc(OCCOCCOCCOCCOc4cccc(C(=O)N(C)C(C=O)CCC(=O)NC)c4C=O)cc3Cl)cc(=O)c2cc1-c1cc(C)cc(C(N)=O)c1. The topological polar surface area (TPSA) is 212 Å². The Morgan fingerprint density at radius 2 is 1.52 bits per heavy atom. The lowest BCUT2D eigenvalue weighted by atomic mass is 9.97. The maximum atomic E-state index is 13.4. The van der Waals surface area contributed by atoms with Gasteiger partial charge in [0.2, 0.25) is 11.8 Å². The molecule has 0 spiro atoms. The summed E-state index contributed by atoms with van der Waals surface area (Å²) in [7, 11) is 2.93. The second kappa shape index (κ2) is 24.5. The number of carbonyl (C=O) groups is 5. The van der Waals surface area contributed by atoms with Gasteiger partial charge in [0, 0.05) is 49.3 Å². The molecule has 0 saturated heterocycles. The van der Waals surface area contributed by atoms with Crippen LogP contribution in [0.15, 0.2) is 82.0 Å². The van der Waals surface area contributed by atoms with Gasteiger partial charge in [0.15, 0.2) is 11.7 Å². The number of fused-ring (bicyclic) bond motifs is 1. The van der Waals surface area contributed by atoms with Crippen LogP contribution in [0.2, 0.25) is 5.02 Å². The van der Waals surface area contributed by atoms with Crippen molar-refractivity contribution in [3.63, 3.8) is 0 Å². The summed E-state index contributed by atoms with van der Waals surface area (Å²) < 4.78 is 40.4. The van der Waals surface area contributed by atoms with Crippen molar-refractivity contribution in [1.29, 1.82) is 0 Å². The molecule has 5 rings (SSSR count). The zero-order valence-electron chi connectivity index (χ0n) is 36.6. The summed E-state index contributed by atoms with van der Waals surface area (Å²) in [5.74, 6) is 0.0534. The van der Waals surface area contributed by atoms with Crippen molar-refractivity contribution in [1.82, 2.24) is 10.2 Å². The van der Waals surface area contributed by atoms with E-state index < -0.39 is 17.9 Å². The highest BCUT2D eigenvalue weighted by molar-refractivity contribution is 6.33. The molecule has 16 nitrogen and oxygen atoms in total. The Morgan fingerprint density at radius 1 is 0.831 bits per heavy atom. The molecule has 5 aromatic rings. The maximum absolute atomic E-state index is 13.4. The second-order valence-electron chi connectivity index (χ2n) is 14.5. The molecule has 65 heavy (non-hydrogen) atoms. The number of hydrogen-bond acceptors (Lipinski definition) is 13. The molecule has 0 bridgehead atoms. The minimum Gasteiger partial charge on any atom is -0.493 e. The fraction of sp³-hybridized carbons (Fsp3) is 0.333. The fourth-order valence-corrected chi connectivity index (χ4v) is 6.99. The molecule has 4 aromatic carbocycles. The standard InChI is InChI=1S/C48H52ClN3O13/c1-5-62-43-27-45-38(25-37(43)31-21-30(2)22-32(23-31)47(50)57)41(55)26-44(65-45)36-11-10-34(24-40(36)49)63-19-17-60-15-13-59-14-16-61-18-20-64-42-8-6-7-35(39(42)29-54)48(58)52(4)33(28-53)9-12-46(56)51-3/h6-8,10-11,21-29,33H,5,9,12-20H2,1-4H3,(H2,50,57)(H,51,56). The van der Waals surface area contributed by atoms with Gasteiger partial charge < -0.3 is 53.6 Å². The number of aryl methyl sites for hydroxylation is 1. The fourth-order valence-electron chi connectivity index (χ4n) is 6.73. The third-order valence-electron chi connectivity index (χ3n) is 10.1. The van der Waals surface area contributed by atoms with Crippen LogP contribution in [0, 0.1) is 6.92 Å². The molecule has 344 valence electrons. The van der Waals surface area contributed by atoms with Gasteiger partial charge in [0.25, 0.3) is 5.91 Å². The molecule has 1 unspecified atom stereocenters. The number of nitrogens with zero attached hydrogens (tertiary/aromatic N) is 1. The van der Waals surface area contributed by atoms with Crippen LogP contribution in [0.4, 0.5) is 0 Å². The smallest absolute Gasteiger partial charge is 0.255 e. The van der Waals surface area contributed by atoms with E-state index in [1.54, 1.807) is 54.6 Å². The van der Waals surface area contributed by atoms with Crippen molar-refractivity contribution >= 4 is 52.9 Å². The summed E-state index contributed by atoms with van der Waals surface area (Å²) in [5.41, 5.74) is 8.64. The summed E-state index contributed by atoms with van der Waals surface area (Å²) in [6, 6.07) is 18.8. The molecule has 0 radical (unpaired) electrons. The average molecular weight is 914 g/mol. The van der Waals surface area contributed by atoms with Crippen LogP contribution in [-0.2, 0) is 23.8 Å². The van der Waals surface area contributed by atoms with Crippen LogP contribution >= 0.6 is 11.6 Å². The van der Waals surface area contributed by atoms with Gasteiger partial charge in [0.05, 0.1) is 73.8 Å². The molecule has 17 heteroatoms. The van der Waals surface area contributed by atoms with E-state index in [9.17, 15) is 28.8 Å². The second-order valence-corrected chi connectivity index (χ2v) is 15.0. The van der Waals surface area contributed by atoms with Crippen LogP contribution in [-0.4, -0.2) is 115 Å². The number of primary amides is 1. The predicted octanol–water partition coefficient (Wildman–Crippen LogP) is 6.07. The zero-order valence-corrected chi connectivity index (χ0v) is 37.4. The number of hydrogen-bond donors (Lipinski definition) is 2. The van der Waals surface area contributed by atoms with Crippen molar-refractivity contribution in [2.45, 2.75) is 32.7 Å². The third kappa shape index (κ3) is 13.5. The summed E-state index contributed by atoms with van der Waals surface area (Å²) >= 11 is 6.64. The van der Waals surface area contributed by atoms with Crippen molar-refractivity contribution in [2.75, 3.05) is 73.6 Å². The molecule has 3 N–H and O–H groups in total. The Morgan fingerprint density at radius 3 is 2.15 bits per heavy atom. The van der Waals surface area contributed by atoms with Crippen molar-refractivity contribution in [3.8, 4) is 39.7 Å². The normalized spacial score (nSPS) is 11.5. The van der Waals surface area contributed by atoms with E-state index in [0.29, 0.717) is 88.7 Å². The molecule has 0 aliphatic rings. The van der Waals surface area contributed by atoms with E-state index >= 15 is 0 Å². The number of benzene rings is 4. The lowest BCUT2D eigenvalue weighted by Crippen LogP contribution is -2.39. The van der Waals surface area contributed by atoms with Gasteiger partial charge in [-0.3, -0.25) is 24.0 Å². The minimum absolute atomic E-state index is 0.0423. The van der Waals surface area contributed by atoms with Crippen molar-refractivity contribution in [3.05, 3.63) is 110 Å². The zero-order chi connectivity index (χ0) is 46.9. The number of likely N-dealkylation sites (N-methyl/N-ethyl adjacent to an activating group) is 1. The number of nitrogens with one attached hydrogen (secondary N) is 1. The highest BCUT2D eigenvalue weighted by Crippen LogP contribution is 2.37. The van der Waals surface area contributed by atoms with Crippen LogP contribution in [0.5, 0.6) is 17.2 Å². The number of amides is 3. The Labute approximate surface area is 380 Å². The quantitative estimate of drug-likeness (QED) is 0.0477. The minimum atomic E-state index is -0.851. The highest BCUT2D eigenvalue weighted by Gasteiger charge is 2.25. The first kappa shape index (κ1) is 49.4. The predicted molar refractivity (Wildman–Crippen MR) is 243 cm³/mol. The van der Waals surface area contributed by atoms with Gasteiger partial charge >= 0.3 is 0 Å². The summed E-state index contributed by atoms with van der Waals surface area (Å²) in [6.45, 7) is 6.09. The van der Waals surface area contributed by atoms with E-state index in [0.717, 1.165) is 5.56 Å². The number of aldehydes is 2. The first-order valence-corrected chi connectivity index (χ1v) is 21.2. The molecule has 3 amide bonds. The van der Waals surface area contributed by atoms with Crippen LogP contribution in [0.3, 0.4) is 0 Å². The lowest BCUT2D eigenvalue weighted by molar-refractivity contribution is -0.121. The monoisotopic (exact) mass is 913 g/mol. The summed E-state index contributed by atoms with van der Waals surface area (Å²) in [4.78, 5) is 75.0. The largest absolute Gasteiger partial charge is 0.493 e. The van der Waals surface area contributed by atoms with Gasteiger partial charge in [0.1, 0.15) is 48.1 Å². The Balaban J connectivity index is 1.01. The van der Waals surface area contributed by atoms with Crippen molar-refractivity contribution in [2.24, 2.45) is 5.73 Å². The van der Waals surface area contributed by atoms with E-state index in [2.05, 4.69) is 5.32 Å². The Hall–Kier alpha value is -6.59. The molecular formula is C48H52ClN3O13. The average Bonchev–Trinajstić information content (AvgIpc) is 3.29. The molecule has 0 aliphatic heterocycles. The molecule has 0 fully saturated rings. The first-order valence-electron chi connectivity index (χ1n) is 20.9. The van der Waals surface area contributed by atoms with Crippen LogP contribution < -0.4 is 30.7 Å². The van der Waals surface area contributed by atoms with Gasteiger partial charge in [-0.1, -0.05) is 23.7 Å². The van der Waals surface area contributed by atoms with Gasteiger partial charge in [-0.05, 0) is 79.9 Å². The van der Waals surface area contributed by atoms with Gasteiger partial charge in [-0.2, -0.15) is 0 Å². The molecule has 1 heterocycles. The summed E-state index contributed by atoms with van der Waals surface area (Å²) in [6.07, 6.45) is 1.32. The highest BCUT2D eigenvalue weighted by atomic mass is 35.5. The lowest BCUT2D eigenvalue weighted by Gasteiger charge is -2.24. The number of rotatable bonds is 26. The number of carbonyl (C=O) groups excluding carboxylic acids is 5. The molecule has 1 atom stereocenters. The van der Waals surface area contributed by atoms with Crippen LogP contribution in [0.1, 0.15) is 56.4 Å². The number of halogens is 1. The van der Waals surface area contributed by atoms with E-state index in [1.807, 2.05) is 19.9 Å². The van der Waals surface area contributed by atoms with E-state index in [-0.39, 0.29) is 79.8 Å². The molecule has 1 aromatic heterocycles. The molecule has 0 saturated carbocycles. The Bertz CT molecular complexity index is 2540. The van der Waals surface area contributed by atoms with Gasteiger partial charge in [-0.25, -0.2) is 0 Å².